The molecule has 0 spiro atoms. The molecule has 0 heterocycles. The first kappa shape index (κ1) is 15.9. The van der Waals surface area contributed by atoms with Crippen molar-refractivity contribution >= 4 is 12.2 Å². The van der Waals surface area contributed by atoms with E-state index in [1.54, 1.807) is 0 Å². The standard InChI is InChI=1S/C11H22N2O4/c1-11(2,3)17-10(14)4-6-15-8-9-16-7-5-13-12/h5H,4,6-9,12H2,1-3H3/b13-5+. The van der Waals surface area contributed by atoms with Crippen molar-refractivity contribution in [1.82, 2.24) is 0 Å². The van der Waals surface area contributed by atoms with Crippen molar-refractivity contribution in [3.8, 4) is 0 Å². The van der Waals surface area contributed by atoms with E-state index in [0.29, 0.717) is 26.4 Å². The molecule has 0 fully saturated rings. The summed E-state index contributed by atoms with van der Waals surface area (Å²) >= 11 is 0. The summed E-state index contributed by atoms with van der Waals surface area (Å²) in [5, 5.41) is 3.27. The van der Waals surface area contributed by atoms with E-state index in [1.807, 2.05) is 20.8 Å². The van der Waals surface area contributed by atoms with Gasteiger partial charge in [0.1, 0.15) is 5.60 Å². The molecule has 0 aliphatic heterocycles. The molecule has 0 amide bonds. The lowest BCUT2D eigenvalue weighted by Crippen LogP contribution is -2.24. The van der Waals surface area contributed by atoms with E-state index < -0.39 is 5.60 Å². The van der Waals surface area contributed by atoms with Gasteiger partial charge in [-0.25, -0.2) is 0 Å². The Bertz CT molecular complexity index is 236. The van der Waals surface area contributed by atoms with Gasteiger partial charge in [-0.1, -0.05) is 0 Å². The molecule has 0 aromatic heterocycles. The summed E-state index contributed by atoms with van der Waals surface area (Å²) in [6.45, 7) is 7.08. The Morgan fingerprint density at radius 3 is 2.47 bits per heavy atom. The van der Waals surface area contributed by atoms with Gasteiger partial charge in [-0.05, 0) is 20.8 Å². The maximum Gasteiger partial charge on any atom is 0.308 e. The van der Waals surface area contributed by atoms with E-state index >= 15 is 0 Å². The van der Waals surface area contributed by atoms with Crippen LogP contribution in [0, 0.1) is 0 Å². The van der Waals surface area contributed by atoms with Crippen LogP contribution in [0.1, 0.15) is 27.2 Å². The molecule has 0 aliphatic carbocycles. The maximum atomic E-state index is 11.3. The highest BCUT2D eigenvalue weighted by Gasteiger charge is 2.15. The number of rotatable bonds is 8. The van der Waals surface area contributed by atoms with Gasteiger partial charge in [-0.15, -0.1) is 0 Å². The van der Waals surface area contributed by atoms with Gasteiger partial charge < -0.3 is 20.1 Å². The molecule has 100 valence electrons. The molecule has 0 aromatic rings. The quantitative estimate of drug-likeness (QED) is 0.224. The van der Waals surface area contributed by atoms with Crippen molar-refractivity contribution in [1.29, 1.82) is 0 Å². The minimum absolute atomic E-state index is 0.252. The first-order valence-electron chi connectivity index (χ1n) is 5.55. The van der Waals surface area contributed by atoms with Crippen molar-refractivity contribution in [2.45, 2.75) is 32.8 Å². The molecule has 0 atom stereocenters. The molecule has 0 aliphatic rings. The number of carbonyl (C=O) groups is 1. The molecule has 0 bridgehead atoms. The Morgan fingerprint density at radius 1 is 1.24 bits per heavy atom. The van der Waals surface area contributed by atoms with Crippen molar-refractivity contribution in [3.05, 3.63) is 0 Å². The number of hydrogen-bond acceptors (Lipinski definition) is 6. The molecule has 2 N–H and O–H groups in total. The molecule has 0 aromatic carbocycles. The van der Waals surface area contributed by atoms with Gasteiger partial charge in [-0.3, -0.25) is 4.79 Å². The average molecular weight is 246 g/mol. The van der Waals surface area contributed by atoms with Crippen LogP contribution >= 0.6 is 0 Å². The van der Waals surface area contributed by atoms with Crippen molar-refractivity contribution in [2.24, 2.45) is 10.9 Å². The molecular weight excluding hydrogens is 224 g/mol. The molecular formula is C11H22N2O4. The summed E-state index contributed by atoms with van der Waals surface area (Å²) in [4.78, 5) is 11.3. The van der Waals surface area contributed by atoms with E-state index in [9.17, 15) is 4.79 Å². The number of hydrazone groups is 1. The first-order chi connectivity index (χ1) is 7.95. The summed E-state index contributed by atoms with van der Waals surface area (Å²) in [6, 6.07) is 0. The number of hydrogen-bond donors (Lipinski definition) is 1. The third-order valence-corrected chi connectivity index (χ3v) is 1.54. The zero-order valence-electron chi connectivity index (χ0n) is 10.8. The van der Waals surface area contributed by atoms with Crippen LogP contribution in [0.3, 0.4) is 0 Å². The number of ether oxygens (including phenoxy) is 3. The largest absolute Gasteiger partial charge is 0.460 e. The van der Waals surface area contributed by atoms with Crippen molar-refractivity contribution in [2.75, 3.05) is 26.4 Å². The van der Waals surface area contributed by atoms with Crippen LogP contribution < -0.4 is 5.84 Å². The van der Waals surface area contributed by atoms with E-state index in [1.165, 1.54) is 6.21 Å². The van der Waals surface area contributed by atoms with Gasteiger partial charge in [0, 0.05) is 6.21 Å². The minimum atomic E-state index is -0.443. The second-order valence-corrected chi connectivity index (χ2v) is 4.36. The van der Waals surface area contributed by atoms with E-state index in [0.717, 1.165) is 0 Å². The Balaban J connectivity index is 3.31. The third-order valence-electron chi connectivity index (χ3n) is 1.54. The summed E-state index contributed by atoms with van der Waals surface area (Å²) in [7, 11) is 0. The summed E-state index contributed by atoms with van der Waals surface area (Å²) in [6.07, 6.45) is 1.71. The van der Waals surface area contributed by atoms with Crippen molar-refractivity contribution < 1.29 is 19.0 Å². The fourth-order valence-corrected chi connectivity index (χ4v) is 0.947. The SMILES string of the molecule is CC(C)(C)OC(=O)CCOCCOC/C=N/N. The monoisotopic (exact) mass is 246 g/mol. The normalized spacial score (nSPS) is 11.9. The van der Waals surface area contributed by atoms with Gasteiger partial charge in [0.05, 0.1) is 32.8 Å². The van der Waals surface area contributed by atoms with Gasteiger partial charge in [-0.2, -0.15) is 5.10 Å². The number of esters is 1. The van der Waals surface area contributed by atoms with Crippen LogP contribution in [0.4, 0.5) is 0 Å². The van der Waals surface area contributed by atoms with Crippen molar-refractivity contribution in [3.63, 3.8) is 0 Å². The van der Waals surface area contributed by atoms with Gasteiger partial charge in [0.15, 0.2) is 0 Å². The predicted octanol–water partition coefficient (Wildman–Crippen LogP) is 0.696. The van der Waals surface area contributed by atoms with E-state index in [2.05, 4.69) is 5.10 Å². The highest BCUT2D eigenvalue weighted by molar-refractivity contribution is 5.69. The van der Waals surface area contributed by atoms with Crippen LogP contribution in [-0.4, -0.2) is 44.2 Å². The van der Waals surface area contributed by atoms with E-state index in [-0.39, 0.29) is 12.4 Å². The highest BCUT2D eigenvalue weighted by Crippen LogP contribution is 2.07. The van der Waals surface area contributed by atoms with Gasteiger partial charge in [0.25, 0.3) is 0 Å². The topological polar surface area (TPSA) is 83.1 Å². The highest BCUT2D eigenvalue weighted by atomic mass is 16.6. The zero-order chi connectivity index (χ0) is 13.1. The summed E-state index contributed by atoms with van der Waals surface area (Å²) in [5.41, 5.74) is -0.443. The molecule has 0 saturated heterocycles. The molecule has 6 heteroatoms. The summed E-state index contributed by atoms with van der Waals surface area (Å²) < 4.78 is 15.4. The number of carbonyl (C=O) groups excluding carboxylic acids is 1. The molecule has 0 saturated carbocycles. The lowest BCUT2D eigenvalue weighted by atomic mass is 10.2. The summed E-state index contributed by atoms with van der Waals surface area (Å²) in [5.74, 6) is 4.63. The second kappa shape index (κ2) is 8.95. The third kappa shape index (κ3) is 12.8. The van der Waals surface area contributed by atoms with Crippen LogP contribution in [0.2, 0.25) is 0 Å². The maximum absolute atomic E-state index is 11.3. The zero-order valence-corrected chi connectivity index (χ0v) is 10.8. The Labute approximate surface area is 102 Å². The second-order valence-electron chi connectivity index (χ2n) is 4.36. The predicted molar refractivity (Wildman–Crippen MR) is 64.8 cm³/mol. The van der Waals surface area contributed by atoms with Gasteiger partial charge in [0.2, 0.25) is 0 Å². The molecule has 6 nitrogen and oxygen atoms in total. The smallest absolute Gasteiger partial charge is 0.308 e. The first-order valence-corrected chi connectivity index (χ1v) is 5.55. The molecule has 0 rings (SSSR count). The van der Waals surface area contributed by atoms with Crippen LogP contribution in [0.25, 0.3) is 0 Å². The lowest BCUT2D eigenvalue weighted by Gasteiger charge is -2.19. The van der Waals surface area contributed by atoms with Crippen LogP contribution in [0.15, 0.2) is 5.10 Å². The fraction of sp³-hybridized carbons (Fsp3) is 0.818. The Kier molecular flexibility index (Phi) is 8.35. The molecule has 17 heavy (non-hydrogen) atoms. The minimum Gasteiger partial charge on any atom is -0.460 e. The number of nitrogens with zero attached hydrogens (tertiary/aromatic N) is 1. The average Bonchev–Trinajstić information content (AvgIpc) is 2.19. The fourth-order valence-electron chi connectivity index (χ4n) is 0.947. The molecule has 0 unspecified atom stereocenters. The van der Waals surface area contributed by atoms with E-state index in [4.69, 9.17) is 20.1 Å². The van der Waals surface area contributed by atoms with Crippen LogP contribution in [-0.2, 0) is 19.0 Å². The molecule has 0 radical (unpaired) electrons. The Hall–Kier alpha value is -1.14. The Morgan fingerprint density at radius 2 is 1.88 bits per heavy atom. The number of nitrogens with two attached hydrogens (primary N) is 1. The van der Waals surface area contributed by atoms with Crippen LogP contribution in [0.5, 0.6) is 0 Å². The van der Waals surface area contributed by atoms with Gasteiger partial charge >= 0.3 is 5.97 Å². The lowest BCUT2D eigenvalue weighted by molar-refractivity contribution is -0.156.